The van der Waals surface area contributed by atoms with Gasteiger partial charge in [-0.3, -0.25) is 0 Å². The smallest absolute Gasteiger partial charge is 0.143 e. The van der Waals surface area contributed by atoms with Gasteiger partial charge in [0.2, 0.25) is 0 Å². The van der Waals surface area contributed by atoms with Crippen LogP contribution in [0.5, 0.6) is 0 Å². The average Bonchev–Trinajstić information content (AvgIpc) is 2.77. The Morgan fingerprint density at radius 1 is 0.774 bits per heavy atom. The highest BCUT2D eigenvalue weighted by Crippen LogP contribution is 2.32. The van der Waals surface area contributed by atoms with Crippen molar-refractivity contribution in [1.82, 2.24) is 4.72 Å². The van der Waals surface area contributed by atoms with E-state index in [2.05, 4.69) is 4.72 Å². The molecule has 1 N–H and O–H groups in total. The zero-order valence-electron chi connectivity index (χ0n) is 18.2. The lowest BCUT2D eigenvalue weighted by molar-refractivity contribution is 0.230. The van der Waals surface area contributed by atoms with Crippen molar-refractivity contribution in [3.8, 4) is 0 Å². The summed E-state index contributed by atoms with van der Waals surface area (Å²) in [5.41, 5.74) is 2.49. The van der Waals surface area contributed by atoms with Gasteiger partial charge in [-0.05, 0) is 50.1 Å². The quantitative estimate of drug-likeness (QED) is 0.463. The topological polar surface area (TPSA) is 46.2 Å². The molecule has 4 atom stereocenters. The van der Waals surface area contributed by atoms with Gasteiger partial charge in [-0.2, -0.15) is 0 Å². The summed E-state index contributed by atoms with van der Waals surface area (Å²) >= 11 is 0. The Hall–Kier alpha value is -2.15. The first-order chi connectivity index (χ1) is 14.8. The van der Waals surface area contributed by atoms with Crippen molar-refractivity contribution >= 4 is 21.8 Å². The van der Waals surface area contributed by atoms with Crippen molar-refractivity contribution in [2.45, 2.75) is 54.6 Å². The number of hydrogen-bond acceptors (Lipinski definition) is 2. The molecule has 0 aliphatic rings. The van der Waals surface area contributed by atoms with Gasteiger partial charge >= 0.3 is 0 Å². The first-order valence-electron chi connectivity index (χ1n) is 10.2. The Morgan fingerprint density at radius 2 is 1.29 bits per heavy atom. The van der Waals surface area contributed by atoms with Crippen LogP contribution < -0.4 is 4.72 Å². The number of nitrogens with one attached hydrogen (secondary N) is 1. The first-order valence-corrected chi connectivity index (χ1v) is 12.5. The zero-order chi connectivity index (χ0) is 22.5. The molecule has 0 amide bonds. The lowest BCUT2D eigenvalue weighted by Gasteiger charge is -2.27. The van der Waals surface area contributed by atoms with E-state index in [1.54, 1.807) is 48.5 Å². The molecule has 0 saturated carbocycles. The van der Waals surface area contributed by atoms with E-state index in [-0.39, 0.29) is 5.92 Å². The summed E-state index contributed by atoms with van der Waals surface area (Å²) in [5, 5.41) is 0. The molecule has 164 valence electrons. The summed E-state index contributed by atoms with van der Waals surface area (Å²) in [5.74, 6) is -0.134. The van der Waals surface area contributed by atoms with Crippen LogP contribution in [0.4, 0.5) is 4.39 Å². The molecule has 3 aromatic rings. The maximum Gasteiger partial charge on any atom is 0.143 e. The molecule has 3 nitrogen and oxygen atoms in total. The number of benzene rings is 3. The minimum Gasteiger partial charge on any atom is -0.249 e. The molecule has 31 heavy (non-hydrogen) atoms. The Morgan fingerprint density at radius 3 is 1.84 bits per heavy atom. The molecule has 0 spiro atoms. The molecule has 0 heterocycles. The van der Waals surface area contributed by atoms with Gasteiger partial charge in [0.25, 0.3) is 0 Å². The van der Waals surface area contributed by atoms with E-state index in [9.17, 15) is 8.42 Å². The fourth-order valence-corrected chi connectivity index (χ4v) is 5.64. The third kappa shape index (κ3) is 5.76. The lowest BCUT2D eigenvalue weighted by Crippen LogP contribution is -2.39. The third-order valence-electron chi connectivity index (χ3n) is 5.16. The highest BCUT2D eigenvalue weighted by Gasteiger charge is 2.30. The molecule has 0 aliphatic heterocycles. The van der Waals surface area contributed by atoms with Gasteiger partial charge in [0.1, 0.15) is 17.2 Å². The van der Waals surface area contributed by atoms with Crippen molar-refractivity contribution in [2.24, 2.45) is 5.92 Å². The molecule has 3 aromatic carbocycles. The van der Waals surface area contributed by atoms with E-state index in [0.717, 1.165) is 11.1 Å². The van der Waals surface area contributed by atoms with E-state index in [1.807, 2.05) is 52.0 Å². The monoisotopic (exact) mass is 457 g/mol. The van der Waals surface area contributed by atoms with Crippen LogP contribution in [0, 0.1) is 19.8 Å². The highest BCUT2D eigenvalue weighted by atomic mass is 32.2. The Balaban J connectivity index is 1.89. The van der Waals surface area contributed by atoms with Gasteiger partial charge in [0.05, 0.1) is 21.7 Å². The number of hydrogen-bond donors (Lipinski definition) is 1. The van der Waals surface area contributed by atoms with E-state index < -0.39 is 34.0 Å². The van der Waals surface area contributed by atoms with Crippen LogP contribution in [0.1, 0.15) is 36.7 Å². The minimum atomic E-state index is -1.56. The second-order valence-electron chi connectivity index (χ2n) is 7.99. The summed E-state index contributed by atoms with van der Waals surface area (Å²) in [4.78, 5) is 1.66. The molecule has 0 radical (unpaired) electrons. The fraction of sp³-hybridized carbons (Fsp3) is 0.280. The number of halogens is 1. The molecule has 0 saturated heterocycles. The van der Waals surface area contributed by atoms with Gasteiger partial charge in [-0.25, -0.2) is 17.5 Å². The SMILES string of the molecule is Cc1ccc(S(=O)N[C@@H](C(C)C)[C@@H](F)c2ccccc2[S@@](=O)c2ccc(C)cc2)cc1. The van der Waals surface area contributed by atoms with Crippen molar-refractivity contribution in [3.63, 3.8) is 0 Å². The predicted octanol–water partition coefficient (Wildman–Crippen LogP) is 5.82. The summed E-state index contributed by atoms with van der Waals surface area (Å²) < 4.78 is 44.9. The number of rotatable bonds is 8. The minimum absolute atomic E-state index is 0.134. The summed E-state index contributed by atoms with van der Waals surface area (Å²) in [6.07, 6.45) is -1.47. The standard InChI is InChI=1S/C25H28FNO2S2/c1-17(2)25(27-31(29)21-15-11-19(4)12-16-21)24(26)22-7-5-6-8-23(22)30(28)20-13-9-18(3)10-14-20/h5-17,24-25,27H,1-4H3/t24-,25-,30-,31?/m0/s1. The van der Waals surface area contributed by atoms with Gasteiger partial charge in [-0.1, -0.05) is 67.4 Å². The Bertz CT molecular complexity index is 1070. The van der Waals surface area contributed by atoms with E-state index in [0.29, 0.717) is 20.2 Å². The summed E-state index contributed by atoms with van der Waals surface area (Å²) in [6, 6.07) is 20.9. The van der Waals surface area contributed by atoms with Crippen LogP contribution in [-0.4, -0.2) is 14.5 Å². The second-order valence-corrected chi connectivity index (χ2v) is 10.7. The van der Waals surface area contributed by atoms with Gasteiger partial charge in [-0.15, -0.1) is 0 Å². The largest absolute Gasteiger partial charge is 0.249 e. The predicted molar refractivity (Wildman–Crippen MR) is 125 cm³/mol. The average molecular weight is 458 g/mol. The maximum atomic E-state index is 15.9. The first kappa shape index (κ1) is 23.5. The van der Waals surface area contributed by atoms with Crippen molar-refractivity contribution < 1.29 is 12.8 Å². The summed E-state index contributed by atoms with van der Waals surface area (Å²) in [6.45, 7) is 7.69. The van der Waals surface area contributed by atoms with Crippen molar-refractivity contribution in [3.05, 3.63) is 89.5 Å². The molecule has 1 unspecified atom stereocenters. The van der Waals surface area contributed by atoms with E-state index >= 15 is 4.39 Å². The van der Waals surface area contributed by atoms with Crippen molar-refractivity contribution in [1.29, 1.82) is 0 Å². The van der Waals surface area contributed by atoms with Crippen LogP contribution >= 0.6 is 0 Å². The van der Waals surface area contributed by atoms with Crippen molar-refractivity contribution in [2.75, 3.05) is 0 Å². The maximum absolute atomic E-state index is 15.9. The Kier molecular flexibility index (Phi) is 7.92. The molecule has 3 rings (SSSR count). The van der Waals surface area contributed by atoms with Crippen LogP contribution in [0.25, 0.3) is 0 Å². The highest BCUT2D eigenvalue weighted by molar-refractivity contribution is 7.85. The number of alkyl halides is 1. The summed E-state index contributed by atoms with van der Waals surface area (Å²) in [7, 11) is -3.07. The van der Waals surface area contributed by atoms with Crippen LogP contribution in [0.15, 0.2) is 87.5 Å². The second kappa shape index (κ2) is 10.4. The van der Waals surface area contributed by atoms with Crippen LogP contribution in [0.2, 0.25) is 0 Å². The lowest BCUT2D eigenvalue weighted by atomic mass is 9.95. The molecule has 6 heteroatoms. The number of aryl methyl sites for hydroxylation is 2. The molecule has 0 aliphatic carbocycles. The van der Waals surface area contributed by atoms with Gasteiger partial charge < -0.3 is 0 Å². The van der Waals surface area contributed by atoms with E-state index in [4.69, 9.17) is 0 Å². The van der Waals surface area contributed by atoms with Crippen LogP contribution in [0.3, 0.4) is 0 Å². The molecular formula is C25H28FNO2S2. The van der Waals surface area contributed by atoms with E-state index in [1.165, 1.54) is 0 Å². The zero-order valence-corrected chi connectivity index (χ0v) is 19.8. The molecule has 0 fully saturated rings. The normalized spacial score (nSPS) is 15.4. The van der Waals surface area contributed by atoms with Gasteiger partial charge in [0, 0.05) is 15.4 Å². The Labute approximate surface area is 189 Å². The fourth-order valence-electron chi connectivity index (χ4n) is 3.25. The molecule has 0 aromatic heterocycles. The molecule has 0 bridgehead atoms. The van der Waals surface area contributed by atoms with Gasteiger partial charge in [0.15, 0.2) is 0 Å². The third-order valence-corrected chi connectivity index (χ3v) is 7.82. The molecular weight excluding hydrogens is 429 g/mol. The van der Waals surface area contributed by atoms with Crippen LogP contribution in [-0.2, 0) is 21.8 Å².